The number of carbonyl (C=O) groups is 2. The van der Waals surface area contributed by atoms with Gasteiger partial charge in [0, 0.05) is 18.6 Å². The van der Waals surface area contributed by atoms with Crippen molar-refractivity contribution in [2.75, 3.05) is 19.6 Å². The number of nitrogens with zero attached hydrogens (tertiary/aromatic N) is 2. The standard InChI is InChI=1S/C15H30N2O3/c1-11(2)8-16(9-12(3)4)14(20)17(10-13(18)19)15(5,6)7/h11-12H,8-10H2,1-7H3,(H,18,19). The van der Waals surface area contributed by atoms with Gasteiger partial charge in [0.25, 0.3) is 0 Å². The molecule has 5 heteroatoms. The van der Waals surface area contributed by atoms with E-state index in [2.05, 4.69) is 27.7 Å². The fourth-order valence-electron chi connectivity index (χ4n) is 2.01. The molecule has 1 N–H and O–H groups in total. The van der Waals surface area contributed by atoms with Crippen LogP contribution in [0.2, 0.25) is 0 Å². The van der Waals surface area contributed by atoms with Crippen molar-refractivity contribution >= 4 is 12.0 Å². The molecule has 0 aliphatic rings. The van der Waals surface area contributed by atoms with Gasteiger partial charge in [-0.1, -0.05) is 27.7 Å². The summed E-state index contributed by atoms with van der Waals surface area (Å²) in [6.45, 7) is 14.8. The molecule has 0 saturated carbocycles. The van der Waals surface area contributed by atoms with Gasteiger partial charge >= 0.3 is 12.0 Å². The van der Waals surface area contributed by atoms with E-state index in [-0.39, 0.29) is 12.6 Å². The first-order valence-corrected chi connectivity index (χ1v) is 7.23. The van der Waals surface area contributed by atoms with Gasteiger partial charge in [-0.2, -0.15) is 0 Å². The minimum absolute atomic E-state index is 0.192. The van der Waals surface area contributed by atoms with Crippen molar-refractivity contribution in [3.63, 3.8) is 0 Å². The highest BCUT2D eigenvalue weighted by Gasteiger charge is 2.32. The van der Waals surface area contributed by atoms with Gasteiger partial charge < -0.3 is 14.9 Å². The first-order chi connectivity index (χ1) is 8.95. The Morgan fingerprint density at radius 3 is 1.65 bits per heavy atom. The molecule has 0 saturated heterocycles. The van der Waals surface area contributed by atoms with E-state index in [1.165, 1.54) is 4.90 Å². The number of aliphatic carboxylic acids is 1. The molecule has 0 spiro atoms. The maximum absolute atomic E-state index is 12.7. The summed E-state index contributed by atoms with van der Waals surface area (Å²) in [5, 5.41) is 9.03. The van der Waals surface area contributed by atoms with Crippen LogP contribution < -0.4 is 0 Å². The lowest BCUT2D eigenvalue weighted by Gasteiger charge is -2.39. The largest absolute Gasteiger partial charge is 0.480 e. The highest BCUT2D eigenvalue weighted by molar-refractivity contribution is 5.81. The van der Waals surface area contributed by atoms with E-state index in [1.54, 1.807) is 4.90 Å². The fourth-order valence-corrected chi connectivity index (χ4v) is 2.01. The minimum Gasteiger partial charge on any atom is -0.480 e. The molecule has 0 rings (SSSR count). The third-order valence-electron chi connectivity index (χ3n) is 2.78. The molecule has 0 aromatic carbocycles. The van der Waals surface area contributed by atoms with Crippen molar-refractivity contribution in [2.45, 2.75) is 54.0 Å². The summed E-state index contributed by atoms with van der Waals surface area (Å²) in [6, 6.07) is -0.192. The number of carboxylic acids is 1. The Labute approximate surface area is 122 Å². The third kappa shape index (κ3) is 6.78. The second-order valence-corrected chi connectivity index (χ2v) is 7.13. The van der Waals surface area contributed by atoms with Gasteiger partial charge in [-0.3, -0.25) is 4.79 Å². The van der Waals surface area contributed by atoms with E-state index < -0.39 is 11.5 Å². The van der Waals surface area contributed by atoms with Gasteiger partial charge in [0.05, 0.1) is 0 Å². The van der Waals surface area contributed by atoms with Crippen LogP contribution in [0.25, 0.3) is 0 Å². The molecule has 0 aliphatic carbocycles. The van der Waals surface area contributed by atoms with Crippen molar-refractivity contribution in [2.24, 2.45) is 11.8 Å². The summed E-state index contributed by atoms with van der Waals surface area (Å²) in [5.74, 6) is -0.281. The molecule has 0 unspecified atom stereocenters. The fraction of sp³-hybridized carbons (Fsp3) is 0.867. The predicted molar refractivity (Wildman–Crippen MR) is 80.7 cm³/mol. The minimum atomic E-state index is -0.984. The van der Waals surface area contributed by atoms with Crippen molar-refractivity contribution in [3.05, 3.63) is 0 Å². The van der Waals surface area contributed by atoms with Crippen molar-refractivity contribution in [1.82, 2.24) is 9.80 Å². The van der Waals surface area contributed by atoms with Gasteiger partial charge in [-0.15, -0.1) is 0 Å². The van der Waals surface area contributed by atoms with E-state index in [4.69, 9.17) is 5.11 Å². The summed E-state index contributed by atoms with van der Waals surface area (Å²) < 4.78 is 0. The van der Waals surface area contributed by atoms with Gasteiger partial charge in [-0.05, 0) is 32.6 Å². The zero-order chi connectivity index (χ0) is 16.1. The quantitative estimate of drug-likeness (QED) is 0.816. The number of urea groups is 1. The Bertz CT molecular complexity index is 323. The number of hydrogen-bond donors (Lipinski definition) is 1. The monoisotopic (exact) mass is 286 g/mol. The summed E-state index contributed by atoms with van der Waals surface area (Å²) >= 11 is 0. The maximum atomic E-state index is 12.7. The summed E-state index contributed by atoms with van der Waals surface area (Å²) in [4.78, 5) is 26.9. The Hall–Kier alpha value is -1.26. The topological polar surface area (TPSA) is 60.9 Å². The highest BCUT2D eigenvalue weighted by Crippen LogP contribution is 2.17. The van der Waals surface area contributed by atoms with Crippen LogP contribution in [0, 0.1) is 11.8 Å². The Kier molecular flexibility index (Phi) is 7.03. The van der Waals surface area contributed by atoms with E-state index in [0.29, 0.717) is 24.9 Å². The van der Waals surface area contributed by atoms with E-state index >= 15 is 0 Å². The van der Waals surface area contributed by atoms with Crippen LogP contribution in [-0.4, -0.2) is 52.1 Å². The second-order valence-electron chi connectivity index (χ2n) is 7.13. The molecule has 20 heavy (non-hydrogen) atoms. The zero-order valence-corrected chi connectivity index (χ0v) is 13.9. The van der Waals surface area contributed by atoms with E-state index in [9.17, 15) is 9.59 Å². The van der Waals surface area contributed by atoms with Crippen molar-refractivity contribution < 1.29 is 14.7 Å². The number of rotatable bonds is 6. The van der Waals surface area contributed by atoms with E-state index in [0.717, 1.165) is 0 Å². The number of carbonyl (C=O) groups excluding carboxylic acids is 1. The predicted octanol–water partition coefficient (Wildman–Crippen LogP) is 2.91. The van der Waals surface area contributed by atoms with Gasteiger partial charge in [0.15, 0.2) is 0 Å². The van der Waals surface area contributed by atoms with Crippen LogP contribution in [0.3, 0.4) is 0 Å². The SMILES string of the molecule is CC(C)CN(CC(C)C)C(=O)N(CC(=O)O)C(C)(C)C. The third-order valence-corrected chi connectivity index (χ3v) is 2.78. The van der Waals surface area contributed by atoms with Crippen LogP contribution in [0.5, 0.6) is 0 Å². The average Bonchev–Trinajstić information content (AvgIpc) is 2.20. The summed E-state index contributed by atoms with van der Waals surface area (Å²) in [6.07, 6.45) is 0. The molecule has 0 radical (unpaired) electrons. The lowest BCUT2D eigenvalue weighted by atomic mass is 10.1. The lowest BCUT2D eigenvalue weighted by molar-refractivity contribution is -0.138. The Morgan fingerprint density at radius 2 is 1.40 bits per heavy atom. The van der Waals surface area contributed by atoms with Gasteiger partial charge in [0.2, 0.25) is 0 Å². The first kappa shape index (κ1) is 18.7. The molecule has 0 aromatic rings. The number of carboxylic acid groups (broad SMARTS) is 1. The molecule has 0 bridgehead atoms. The number of amides is 2. The smallest absolute Gasteiger partial charge is 0.323 e. The molecule has 5 nitrogen and oxygen atoms in total. The Morgan fingerprint density at radius 1 is 1.00 bits per heavy atom. The molecule has 0 aliphatic heterocycles. The van der Waals surface area contributed by atoms with Crippen LogP contribution >= 0.6 is 0 Å². The zero-order valence-electron chi connectivity index (χ0n) is 13.9. The Balaban J connectivity index is 5.18. The lowest BCUT2D eigenvalue weighted by Crippen LogP contribution is -2.55. The summed E-state index contributed by atoms with van der Waals surface area (Å²) in [5.41, 5.74) is -0.512. The number of hydrogen-bond acceptors (Lipinski definition) is 2. The molecule has 0 fully saturated rings. The van der Waals surface area contributed by atoms with Crippen molar-refractivity contribution in [1.29, 1.82) is 0 Å². The molecular weight excluding hydrogens is 256 g/mol. The summed E-state index contributed by atoms with van der Waals surface area (Å²) in [7, 11) is 0. The molecular formula is C15H30N2O3. The van der Waals surface area contributed by atoms with Crippen LogP contribution in [-0.2, 0) is 4.79 Å². The van der Waals surface area contributed by atoms with Crippen LogP contribution in [0.1, 0.15) is 48.5 Å². The molecule has 2 amide bonds. The molecule has 118 valence electrons. The second kappa shape index (κ2) is 7.50. The molecule has 0 atom stereocenters. The maximum Gasteiger partial charge on any atom is 0.323 e. The van der Waals surface area contributed by atoms with Crippen molar-refractivity contribution in [3.8, 4) is 0 Å². The normalized spacial score (nSPS) is 11.8. The van der Waals surface area contributed by atoms with E-state index in [1.807, 2.05) is 20.8 Å². The van der Waals surface area contributed by atoms with Crippen LogP contribution in [0.15, 0.2) is 0 Å². The first-order valence-electron chi connectivity index (χ1n) is 7.23. The molecule has 0 aromatic heterocycles. The van der Waals surface area contributed by atoms with Gasteiger partial charge in [0.1, 0.15) is 6.54 Å². The average molecular weight is 286 g/mol. The van der Waals surface area contributed by atoms with Crippen LogP contribution in [0.4, 0.5) is 4.79 Å². The van der Waals surface area contributed by atoms with Gasteiger partial charge in [-0.25, -0.2) is 4.79 Å². The highest BCUT2D eigenvalue weighted by atomic mass is 16.4. The molecule has 0 heterocycles.